The molecule has 2 N–H and O–H groups in total. The Morgan fingerprint density at radius 3 is 2.65 bits per heavy atom. The van der Waals surface area contributed by atoms with E-state index < -0.39 is 6.09 Å². The lowest BCUT2D eigenvalue weighted by atomic mass is 9.82. The molecule has 1 fully saturated rings. The first-order chi connectivity index (χ1) is 8.13. The average Bonchev–Trinajstić information content (AvgIpc) is 2.23. The first-order valence-corrected chi connectivity index (χ1v) is 5.90. The van der Waals surface area contributed by atoms with Crippen molar-refractivity contribution in [1.82, 2.24) is 5.32 Å². The van der Waals surface area contributed by atoms with Crippen molar-refractivity contribution in [2.75, 3.05) is 6.54 Å². The largest absolute Gasteiger partial charge is 0.490 e. The number of rotatable bonds is 4. The summed E-state index contributed by atoms with van der Waals surface area (Å²) in [6.45, 7) is 0.510. The monoisotopic (exact) mass is 255 g/mol. The Labute approximate surface area is 105 Å². The fourth-order valence-electron chi connectivity index (χ4n) is 1.87. The standard InChI is InChI=1S/C12H14ClNO3/c13-9-1-3-10(4-2-9)17-11-5-8(6-11)7-14-12(15)16/h1-4,8,11,14H,5-7H2,(H,15,16)/t8-,11-. The summed E-state index contributed by atoms with van der Waals surface area (Å²) < 4.78 is 5.71. The second-order valence-electron chi connectivity index (χ2n) is 4.22. The zero-order valence-corrected chi connectivity index (χ0v) is 9.98. The quantitative estimate of drug-likeness (QED) is 0.870. The van der Waals surface area contributed by atoms with Crippen LogP contribution in [0.1, 0.15) is 12.8 Å². The van der Waals surface area contributed by atoms with Gasteiger partial charge in [0.15, 0.2) is 0 Å². The van der Waals surface area contributed by atoms with E-state index in [1.807, 2.05) is 12.1 Å². The van der Waals surface area contributed by atoms with Crippen LogP contribution in [0, 0.1) is 5.92 Å². The van der Waals surface area contributed by atoms with Crippen molar-refractivity contribution in [2.24, 2.45) is 5.92 Å². The molecule has 1 amide bonds. The van der Waals surface area contributed by atoms with Crippen molar-refractivity contribution in [1.29, 1.82) is 0 Å². The van der Waals surface area contributed by atoms with Gasteiger partial charge in [-0.25, -0.2) is 4.79 Å². The highest BCUT2D eigenvalue weighted by Crippen LogP contribution is 2.31. The van der Waals surface area contributed by atoms with Crippen LogP contribution in [0.5, 0.6) is 5.75 Å². The molecule has 5 heteroatoms. The van der Waals surface area contributed by atoms with Crippen LogP contribution in [0.15, 0.2) is 24.3 Å². The molecule has 0 aromatic heterocycles. The number of carbonyl (C=O) groups is 1. The summed E-state index contributed by atoms with van der Waals surface area (Å²) in [4.78, 5) is 10.3. The minimum Gasteiger partial charge on any atom is -0.490 e. The lowest BCUT2D eigenvalue weighted by molar-refractivity contribution is 0.0645. The molecule has 1 aromatic rings. The van der Waals surface area contributed by atoms with Gasteiger partial charge in [0.05, 0.1) is 6.10 Å². The molecule has 1 saturated carbocycles. The molecule has 4 nitrogen and oxygen atoms in total. The Morgan fingerprint density at radius 1 is 1.41 bits per heavy atom. The maximum atomic E-state index is 10.3. The van der Waals surface area contributed by atoms with Crippen molar-refractivity contribution in [3.8, 4) is 5.75 Å². The summed E-state index contributed by atoms with van der Waals surface area (Å²) in [6, 6.07) is 7.26. The summed E-state index contributed by atoms with van der Waals surface area (Å²) in [7, 11) is 0. The Morgan fingerprint density at radius 2 is 2.06 bits per heavy atom. The molecule has 2 rings (SSSR count). The van der Waals surface area contributed by atoms with E-state index in [0.29, 0.717) is 17.5 Å². The summed E-state index contributed by atoms with van der Waals surface area (Å²) in [5.74, 6) is 1.20. The number of hydrogen-bond acceptors (Lipinski definition) is 2. The van der Waals surface area contributed by atoms with Crippen LogP contribution in [0.25, 0.3) is 0 Å². The van der Waals surface area contributed by atoms with Gasteiger partial charge in [0.25, 0.3) is 0 Å². The highest BCUT2D eigenvalue weighted by atomic mass is 35.5. The molecule has 0 aliphatic heterocycles. The summed E-state index contributed by atoms with van der Waals surface area (Å²) >= 11 is 5.77. The van der Waals surface area contributed by atoms with E-state index >= 15 is 0 Å². The Kier molecular flexibility index (Phi) is 3.74. The second-order valence-corrected chi connectivity index (χ2v) is 4.65. The topological polar surface area (TPSA) is 58.6 Å². The van der Waals surface area contributed by atoms with Crippen molar-refractivity contribution >= 4 is 17.7 Å². The van der Waals surface area contributed by atoms with Crippen molar-refractivity contribution in [3.05, 3.63) is 29.3 Å². The maximum absolute atomic E-state index is 10.3. The van der Waals surface area contributed by atoms with Gasteiger partial charge in [-0.15, -0.1) is 0 Å². The summed E-state index contributed by atoms with van der Waals surface area (Å²) in [5, 5.41) is 11.5. The minimum absolute atomic E-state index is 0.191. The van der Waals surface area contributed by atoms with E-state index in [1.54, 1.807) is 12.1 Å². The SMILES string of the molecule is O=C(O)NC[C@H]1C[C@H](Oc2ccc(Cl)cc2)C1. The summed E-state index contributed by atoms with van der Waals surface area (Å²) in [6.07, 6.45) is 1.01. The second kappa shape index (κ2) is 5.27. The first-order valence-electron chi connectivity index (χ1n) is 5.52. The van der Waals surface area contributed by atoms with Gasteiger partial charge in [-0.3, -0.25) is 0 Å². The van der Waals surface area contributed by atoms with Crippen molar-refractivity contribution in [3.63, 3.8) is 0 Å². The molecule has 0 heterocycles. The molecule has 1 aliphatic carbocycles. The van der Waals surface area contributed by atoms with Gasteiger partial charge >= 0.3 is 6.09 Å². The number of benzene rings is 1. The van der Waals surface area contributed by atoms with E-state index in [0.717, 1.165) is 18.6 Å². The van der Waals surface area contributed by atoms with E-state index in [1.165, 1.54) is 0 Å². The number of hydrogen-bond donors (Lipinski definition) is 2. The first kappa shape index (κ1) is 12.0. The lowest BCUT2D eigenvalue weighted by Gasteiger charge is -2.35. The van der Waals surface area contributed by atoms with Gasteiger partial charge in [-0.2, -0.15) is 0 Å². The van der Waals surface area contributed by atoms with E-state index in [4.69, 9.17) is 21.4 Å². The van der Waals surface area contributed by atoms with Crippen LogP contribution < -0.4 is 10.1 Å². The van der Waals surface area contributed by atoms with Crippen LogP contribution in [0.3, 0.4) is 0 Å². The normalized spacial score (nSPS) is 22.6. The predicted octanol–water partition coefficient (Wildman–Crippen LogP) is 2.77. The highest BCUT2D eigenvalue weighted by Gasteiger charge is 2.30. The molecular weight excluding hydrogens is 242 g/mol. The van der Waals surface area contributed by atoms with Crippen LogP contribution in [-0.4, -0.2) is 23.8 Å². The van der Waals surface area contributed by atoms with E-state index in [2.05, 4.69) is 5.32 Å². The maximum Gasteiger partial charge on any atom is 0.404 e. The van der Waals surface area contributed by atoms with Gasteiger partial charge in [0.1, 0.15) is 5.75 Å². The fraction of sp³-hybridized carbons (Fsp3) is 0.417. The molecule has 17 heavy (non-hydrogen) atoms. The molecule has 0 unspecified atom stereocenters. The van der Waals surface area contributed by atoms with Crippen LogP contribution >= 0.6 is 11.6 Å². The molecule has 1 aromatic carbocycles. The Hall–Kier alpha value is -1.42. The van der Waals surface area contributed by atoms with E-state index in [-0.39, 0.29) is 6.10 Å². The molecule has 0 spiro atoms. The minimum atomic E-state index is -0.966. The third-order valence-electron chi connectivity index (χ3n) is 2.85. The zero-order chi connectivity index (χ0) is 12.3. The Balaban J connectivity index is 1.70. The third kappa shape index (κ3) is 3.53. The lowest BCUT2D eigenvalue weighted by Crippen LogP contribution is -2.40. The number of halogens is 1. The van der Waals surface area contributed by atoms with Crippen LogP contribution in [0.2, 0.25) is 5.02 Å². The zero-order valence-electron chi connectivity index (χ0n) is 9.23. The fourth-order valence-corrected chi connectivity index (χ4v) is 2.00. The number of carboxylic acid groups (broad SMARTS) is 1. The predicted molar refractivity (Wildman–Crippen MR) is 64.6 cm³/mol. The van der Waals surface area contributed by atoms with Crippen molar-refractivity contribution < 1.29 is 14.6 Å². The Bertz CT molecular complexity index is 387. The van der Waals surface area contributed by atoms with Crippen LogP contribution in [-0.2, 0) is 0 Å². The third-order valence-corrected chi connectivity index (χ3v) is 3.10. The highest BCUT2D eigenvalue weighted by molar-refractivity contribution is 6.30. The van der Waals surface area contributed by atoms with Crippen molar-refractivity contribution in [2.45, 2.75) is 18.9 Å². The van der Waals surface area contributed by atoms with Gasteiger partial charge in [-0.1, -0.05) is 11.6 Å². The number of amides is 1. The van der Waals surface area contributed by atoms with Gasteiger partial charge < -0.3 is 15.2 Å². The number of nitrogens with one attached hydrogen (secondary N) is 1. The average molecular weight is 256 g/mol. The number of ether oxygens (including phenoxy) is 1. The smallest absolute Gasteiger partial charge is 0.404 e. The van der Waals surface area contributed by atoms with E-state index in [9.17, 15) is 4.79 Å². The summed E-state index contributed by atoms with van der Waals surface area (Å²) in [5.41, 5.74) is 0. The molecular formula is C12H14ClNO3. The molecule has 0 atom stereocenters. The molecule has 0 bridgehead atoms. The van der Waals surface area contributed by atoms with Gasteiger partial charge in [-0.05, 0) is 43.0 Å². The molecule has 0 saturated heterocycles. The van der Waals surface area contributed by atoms with Gasteiger partial charge in [0.2, 0.25) is 0 Å². The molecule has 0 radical (unpaired) electrons. The van der Waals surface area contributed by atoms with Crippen LogP contribution in [0.4, 0.5) is 4.79 Å². The van der Waals surface area contributed by atoms with Gasteiger partial charge in [0, 0.05) is 11.6 Å². The molecule has 1 aliphatic rings. The molecule has 92 valence electrons.